The Bertz CT molecular complexity index is 538. The lowest BCUT2D eigenvalue weighted by atomic mass is 10.1. The fourth-order valence-electron chi connectivity index (χ4n) is 1.70. The Labute approximate surface area is 110 Å². The van der Waals surface area contributed by atoms with Crippen LogP contribution in [0.4, 0.5) is 11.4 Å². The van der Waals surface area contributed by atoms with E-state index in [4.69, 9.17) is 15.2 Å². The second kappa shape index (κ2) is 5.99. The van der Waals surface area contributed by atoms with Crippen LogP contribution in [0, 0.1) is 4.91 Å². The molecule has 19 heavy (non-hydrogen) atoms. The van der Waals surface area contributed by atoms with Crippen LogP contribution in [0.5, 0.6) is 5.75 Å². The van der Waals surface area contributed by atoms with E-state index in [9.17, 15) is 4.91 Å². The van der Waals surface area contributed by atoms with Gasteiger partial charge in [-0.2, -0.15) is 0 Å². The first-order valence-corrected chi connectivity index (χ1v) is 5.87. The number of nitrogens with zero attached hydrogens (tertiary/aromatic N) is 2. The van der Waals surface area contributed by atoms with Gasteiger partial charge in [-0.15, -0.1) is 4.91 Å². The molecule has 1 aromatic carbocycles. The van der Waals surface area contributed by atoms with Crippen molar-refractivity contribution in [2.75, 3.05) is 19.5 Å². The molecule has 2 rings (SSSR count). The van der Waals surface area contributed by atoms with Crippen molar-refractivity contribution in [2.45, 2.75) is 12.8 Å². The third-order valence-electron chi connectivity index (χ3n) is 2.82. The quantitative estimate of drug-likeness (QED) is 0.652. The van der Waals surface area contributed by atoms with Crippen molar-refractivity contribution in [3.63, 3.8) is 0 Å². The second-order valence-electron chi connectivity index (χ2n) is 4.10. The zero-order valence-corrected chi connectivity index (χ0v) is 10.6. The van der Waals surface area contributed by atoms with Gasteiger partial charge in [0.25, 0.3) is 0 Å². The monoisotopic (exact) mass is 261 g/mol. The molecule has 1 aliphatic heterocycles. The van der Waals surface area contributed by atoms with Gasteiger partial charge >= 0.3 is 0 Å². The summed E-state index contributed by atoms with van der Waals surface area (Å²) < 4.78 is 10.7. The molecule has 0 spiro atoms. The van der Waals surface area contributed by atoms with Crippen LogP contribution >= 0.6 is 0 Å². The third kappa shape index (κ3) is 3.31. The van der Waals surface area contributed by atoms with Crippen molar-refractivity contribution in [1.29, 1.82) is 0 Å². The minimum atomic E-state index is 0.218. The number of nitrogen functional groups attached to an aromatic ring is 1. The molecular formula is C13H15N3O3. The Hall–Kier alpha value is -2.37. The SMILES string of the molecule is COC1=CN=C(COc2ccc(N=O)c(N)c2)CC1. The summed E-state index contributed by atoms with van der Waals surface area (Å²) in [5, 5.41) is 2.80. The smallest absolute Gasteiger partial charge is 0.131 e. The van der Waals surface area contributed by atoms with E-state index in [1.807, 2.05) is 0 Å². The summed E-state index contributed by atoms with van der Waals surface area (Å²) in [5.41, 5.74) is 7.11. The average molecular weight is 261 g/mol. The average Bonchev–Trinajstić information content (AvgIpc) is 2.46. The van der Waals surface area contributed by atoms with E-state index in [1.165, 1.54) is 6.07 Å². The summed E-state index contributed by atoms with van der Waals surface area (Å²) in [7, 11) is 1.63. The summed E-state index contributed by atoms with van der Waals surface area (Å²) in [6.45, 7) is 0.390. The Morgan fingerprint density at radius 3 is 2.84 bits per heavy atom. The van der Waals surface area contributed by atoms with Crippen molar-refractivity contribution in [2.24, 2.45) is 10.2 Å². The Kier molecular flexibility index (Phi) is 4.12. The van der Waals surface area contributed by atoms with E-state index in [2.05, 4.69) is 10.2 Å². The molecule has 2 N–H and O–H groups in total. The Morgan fingerprint density at radius 1 is 1.42 bits per heavy atom. The maximum Gasteiger partial charge on any atom is 0.131 e. The van der Waals surface area contributed by atoms with Gasteiger partial charge in [0.15, 0.2) is 0 Å². The molecule has 0 unspecified atom stereocenters. The molecule has 0 radical (unpaired) electrons. The molecule has 0 saturated heterocycles. The number of hydrogen-bond donors (Lipinski definition) is 1. The highest BCUT2D eigenvalue weighted by molar-refractivity contribution is 5.87. The molecule has 6 nitrogen and oxygen atoms in total. The number of rotatable bonds is 5. The number of methoxy groups -OCH3 is 1. The van der Waals surface area contributed by atoms with Crippen molar-refractivity contribution in [3.8, 4) is 5.75 Å². The van der Waals surface area contributed by atoms with Crippen molar-refractivity contribution in [1.82, 2.24) is 0 Å². The summed E-state index contributed by atoms with van der Waals surface area (Å²) in [4.78, 5) is 14.7. The van der Waals surface area contributed by atoms with Gasteiger partial charge in [-0.05, 0) is 23.7 Å². The van der Waals surface area contributed by atoms with Crippen LogP contribution in [0.15, 0.2) is 40.3 Å². The number of hydrogen-bond acceptors (Lipinski definition) is 6. The van der Waals surface area contributed by atoms with Gasteiger partial charge < -0.3 is 15.2 Å². The van der Waals surface area contributed by atoms with Crippen LogP contribution in [0.1, 0.15) is 12.8 Å². The zero-order chi connectivity index (χ0) is 13.7. The third-order valence-corrected chi connectivity index (χ3v) is 2.82. The molecule has 100 valence electrons. The number of aliphatic imine (C=N–C) groups is 1. The molecule has 1 aromatic rings. The normalized spacial score (nSPS) is 14.4. The summed E-state index contributed by atoms with van der Waals surface area (Å²) in [6, 6.07) is 4.77. The molecule has 0 saturated carbocycles. The van der Waals surface area contributed by atoms with E-state index in [0.717, 1.165) is 24.3 Å². The number of ether oxygens (including phenoxy) is 2. The molecule has 6 heteroatoms. The highest BCUT2D eigenvalue weighted by Gasteiger charge is 2.09. The largest absolute Gasteiger partial charge is 0.499 e. The molecule has 1 aliphatic rings. The van der Waals surface area contributed by atoms with Crippen LogP contribution in [0.25, 0.3) is 0 Å². The minimum absolute atomic E-state index is 0.218. The van der Waals surface area contributed by atoms with E-state index in [0.29, 0.717) is 18.0 Å². The van der Waals surface area contributed by atoms with Crippen LogP contribution in [0.3, 0.4) is 0 Å². The predicted molar refractivity (Wildman–Crippen MR) is 73.6 cm³/mol. The van der Waals surface area contributed by atoms with E-state index >= 15 is 0 Å². The summed E-state index contributed by atoms with van der Waals surface area (Å²) in [6.07, 6.45) is 3.34. The molecule has 0 amide bonds. The molecule has 0 fully saturated rings. The fraction of sp³-hybridized carbons (Fsp3) is 0.308. The Morgan fingerprint density at radius 2 is 2.26 bits per heavy atom. The minimum Gasteiger partial charge on any atom is -0.499 e. The van der Waals surface area contributed by atoms with Gasteiger partial charge in [0.05, 0.1) is 24.7 Å². The summed E-state index contributed by atoms with van der Waals surface area (Å²) in [5.74, 6) is 1.46. The van der Waals surface area contributed by atoms with Gasteiger partial charge in [-0.1, -0.05) is 0 Å². The molecule has 0 aliphatic carbocycles. The predicted octanol–water partition coefficient (Wildman–Crippen LogP) is 2.77. The molecule has 0 atom stereocenters. The van der Waals surface area contributed by atoms with Gasteiger partial charge in [0.1, 0.15) is 23.8 Å². The van der Waals surface area contributed by atoms with Gasteiger partial charge in [0.2, 0.25) is 0 Å². The zero-order valence-electron chi connectivity index (χ0n) is 10.6. The van der Waals surface area contributed by atoms with E-state index < -0.39 is 0 Å². The lowest BCUT2D eigenvalue weighted by Gasteiger charge is -2.13. The fourth-order valence-corrected chi connectivity index (χ4v) is 1.70. The second-order valence-corrected chi connectivity index (χ2v) is 4.10. The highest BCUT2D eigenvalue weighted by Crippen LogP contribution is 2.26. The number of anilines is 1. The maximum atomic E-state index is 10.4. The van der Waals surface area contributed by atoms with Crippen molar-refractivity contribution < 1.29 is 9.47 Å². The van der Waals surface area contributed by atoms with Crippen LogP contribution in [-0.2, 0) is 4.74 Å². The molecule has 0 aromatic heterocycles. The summed E-state index contributed by atoms with van der Waals surface area (Å²) >= 11 is 0. The van der Waals surface area contributed by atoms with Crippen LogP contribution in [-0.4, -0.2) is 19.4 Å². The van der Waals surface area contributed by atoms with E-state index in [1.54, 1.807) is 25.4 Å². The number of benzene rings is 1. The van der Waals surface area contributed by atoms with Crippen molar-refractivity contribution in [3.05, 3.63) is 35.1 Å². The number of nitroso groups, excluding NO2 is 1. The van der Waals surface area contributed by atoms with Gasteiger partial charge in [-0.3, -0.25) is 4.99 Å². The van der Waals surface area contributed by atoms with Crippen LogP contribution in [0.2, 0.25) is 0 Å². The lowest BCUT2D eigenvalue weighted by molar-refractivity contribution is 0.275. The van der Waals surface area contributed by atoms with Crippen LogP contribution < -0.4 is 10.5 Å². The van der Waals surface area contributed by atoms with Gasteiger partial charge in [-0.25, -0.2) is 0 Å². The molecule has 1 heterocycles. The van der Waals surface area contributed by atoms with Crippen molar-refractivity contribution >= 4 is 17.1 Å². The number of allylic oxidation sites excluding steroid dienone is 1. The number of nitrogens with two attached hydrogens (primary N) is 1. The first kappa shape index (κ1) is 13.1. The Balaban J connectivity index is 1.96. The topological polar surface area (TPSA) is 86.3 Å². The standard InChI is InChI=1S/C13H15N3O3/c1-18-11-3-2-9(15-7-11)8-19-10-4-5-13(16-17)12(14)6-10/h4-7H,2-3,8,14H2,1H3. The first-order chi connectivity index (χ1) is 9.22. The molecule has 0 bridgehead atoms. The lowest BCUT2D eigenvalue weighted by Crippen LogP contribution is -2.14. The maximum absolute atomic E-state index is 10.4. The molecular weight excluding hydrogens is 246 g/mol. The van der Waals surface area contributed by atoms with Gasteiger partial charge in [0, 0.05) is 12.5 Å². The highest BCUT2D eigenvalue weighted by atomic mass is 16.5. The first-order valence-electron chi connectivity index (χ1n) is 5.87. The van der Waals surface area contributed by atoms with E-state index in [-0.39, 0.29) is 5.69 Å².